The predicted octanol–water partition coefficient (Wildman–Crippen LogP) is 1.17. The Labute approximate surface area is 134 Å². The van der Waals surface area contributed by atoms with Crippen LogP contribution in [0.5, 0.6) is 5.75 Å². The third kappa shape index (κ3) is 2.65. The summed E-state index contributed by atoms with van der Waals surface area (Å²) in [4.78, 5) is 29.2. The van der Waals surface area contributed by atoms with Gasteiger partial charge < -0.3 is 9.64 Å². The summed E-state index contributed by atoms with van der Waals surface area (Å²) in [7, 11) is 3.21. The summed E-state index contributed by atoms with van der Waals surface area (Å²) in [6.45, 7) is 2.36. The summed E-state index contributed by atoms with van der Waals surface area (Å²) in [5.41, 5.74) is -0.734. The average molecular weight is 321 g/mol. The molecule has 7 heteroatoms. The first-order valence-corrected chi connectivity index (χ1v) is 7.61. The highest BCUT2D eigenvalue weighted by atomic mass is 19.1. The Bertz CT molecular complexity index is 622. The topological polar surface area (TPSA) is 53.1 Å². The van der Waals surface area contributed by atoms with Gasteiger partial charge in [0.1, 0.15) is 23.7 Å². The fourth-order valence-electron chi connectivity index (χ4n) is 3.28. The van der Waals surface area contributed by atoms with E-state index in [9.17, 15) is 14.0 Å². The van der Waals surface area contributed by atoms with Crippen LogP contribution in [-0.4, -0.2) is 72.5 Å². The third-order valence-corrected chi connectivity index (χ3v) is 4.74. The van der Waals surface area contributed by atoms with Gasteiger partial charge in [0.05, 0.1) is 0 Å². The molecule has 3 amide bonds. The van der Waals surface area contributed by atoms with E-state index in [-0.39, 0.29) is 17.8 Å². The minimum atomic E-state index is -0.734. The number of hydrogen-bond acceptors (Lipinski definition) is 4. The van der Waals surface area contributed by atoms with Crippen molar-refractivity contribution in [2.24, 2.45) is 0 Å². The van der Waals surface area contributed by atoms with Crippen LogP contribution in [0.4, 0.5) is 9.18 Å². The lowest BCUT2D eigenvalue weighted by molar-refractivity contribution is -0.131. The van der Waals surface area contributed by atoms with Gasteiger partial charge in [0.2, 0.25) is 0 Å². The molecule has 0 saturated carbocycles. The molecule has 2 saturated heterocycles. The minimum Gasteiger partial charge on any atom is -0.492 e. The van der Waals surface area contributed by atoms with Gasteiger partial charge in [-0.05, 0) is 30.7 Å². The molecule has 2 aliphatic rings. The standard InChI is InChI=1S/C16H20FN3O3/c1-18-14(21)16(19(2)15(18)22)7-8-20(11-16)9-10-23-13-5-3-12(17)4-6-13/h3-6H,7-11H2,1-2H3. The second-order valence-corrected chi connectivity index (χ2v) is 6.07. The molecule has 2 aliphatic heterocycles. The van der Waals surface area contributed by atoms with Crippen molar-refractivity contribution in [2.75, 3.05) is 40.3 Å². The summed E-state index contributed by atoms with van der Waals surface area (Å²) in [5.74, 6) is 0.187. The number of carbonyl (C=O) groups excluding carboxylic acids is 2. The Morgan fingerprint density at radius 2 is 1.91 bits per heavy atom. The SMILES string of the molecule is CN1C(=O)N(C)C2(CCN(CCOc3ccc(F)cc3)C2)C1=O. The number of likely N-dealkylation sites (tertiary alicyclic amines) is 1. The number of hydrogen-bond donors (Lipinski definition) is 0. The van der Waals surface area contributed by atoms with Crippen LogP contribution >= 0.6 is 0 Å². The zero-order chi connectivity index (χ0) is 16.6. The predicted molar refractivity (Wildman–Crippen MR) is 81.6 cm³/mol. The molecule has 2 heterocycles. The number of nitrogens with zero attached hydrogens (tertiary/aromatic N) is 3. The summed E-state index contributed by atoms with van der Waals surface area (Å²) in [6.07, 6.45) is 0.634. The van der Waals surface area contributed by atoms with Crippen LogP contribution in [0.25, 0.3) is 0 Å². The smallest absolute Gasteiger partial charge is 0.327 e. The average Bonchev–Trinajstić information content (AvgIpc) is 3.04. The van der Waals surface area contributed by atoms with E-state index in [0.29, 0.717) is 31.9 Å². The maximum absolute atomic E-state index is 12.8. The van der Waals surface area contributed by atoms with Crippen LogP contribution in [0.3, 0.4) is 0 Å². The van der Waals surface area contributed by atoms with E-state index in [1.54, 1.807) is 24.1 Å². The third-order valence-electron chi connectivity index (χ3n) is 4.74. The largest absolute Gasteiger partial charge is 0.492 e. The van der Waals surface area contributed by atoms with Crippen LogP contribution in [0.15, 0.2) is 24.3 Å². The molecule has 1 aromatic carbocycles. The van der Waals surface area contributed by atoms with Gasteiger partial charge in [0.15, 0.2) is 0 Å². The fraction of sp³-hybridized carbons (Fsp3) is 0.500. The lowest BCUT2D eigenvalue weighted by atomic mass is 9.97. The molecule has 6 nitrogen and oxygen atoms in total. The number of ether oxygens (including phenoxy) is 1. The van der Waals surface area contributed by atoms with E-state index < -0.39 is 5.54 Å². The van der Waals surface area contributed by atoms with Crippen LogP contribution < -0.4 is 4.74 Å². The quantitative estimate of drug-likeness (QED) is 0.781. The van der Waals surface area contributed by atoms with Crippen molar-refractivity contribution in [1.29, 1.82) is 0 Å². The number of benzene rings is 1. The van der Waals surface area contributed by atoms with E-state index in [4.69, 9.17) is 4.74 Å². The molecule has 1 unspecified atom stereocenters. The van der Waals surface area contributed by atoms with E-state index in [2.05, 4.69) is 4.90 Å². The molecule has 0 aromatic heterocycles. The lowest BCUT2D eigenvalue weighted by Crippen LogP contribution is -2.50. The van der Waals surface area contributed by atoms with Crippen molar-refractivity contribution in [1.82, 2.24) is 14.7 Å². The number of imide groups is 1. The van der Waals surface area contributed by atoms with Crippen LogP contribution in [0.1, 0.15) is 6.42 Å². The zero-order valence-electron chi connectivity index (χ0n) is 13.3. The number of likely N-dealkylation sites (N-methyl/N-ethyl adjacent to an activating group) is 2. The molecule has 0 aliphatic carbocycles. The molecule has 124 valence electrons. The van der Waals surface area contributed by atoms with Gasteiger partial charge in [-0.1, -0.05) is 0 Å². The summed E-state index contributed by atoms with van der Waals surface area (Å²) >= 11 is 0. The van der Waals surface area contributed by atoms with Crippen molar-refractivity contribution in [3.8, 4) is 5.75 Å². The van der Waals surface area contributed by atoms with Crippen molar-refractivity contribution >= 4 is 11.9 Å². The molecule has 1 atom stereocenters. The van der Waals surface area contributed by atoms with Crippen LogP contribution in [0, 0.1) is 5.82 Å². The van der Waals surface area contributed by atoms with Crippen molar-refractivity contribution in [3.63, 3.8) is 0 Å². The zero-order valence-corrected chi connectivity index (χ0v) is 13.3. The molecule has 0 radical (unpaired) electrons. The molecule has 23 heavy (non-hydrogen) atoms. The van der Waals surface area contributed by atoms with Crippen molar-refractivity contribution in [3.05, 3.63) is 30.1 Å². The fourth-order valence-corrected chi connectivity index (χ4v) is 3.28. The van der Waals surface area contributed by atoms with Gasteiger partial charge in [0.25, 0.3) is 5.91 Å². The summed E-state index contributed by atoms with van der Waals surface area (Å²) in [6, 6.07) is 5.63. The Balaban J connectivity index is 1.55. The Hall–Kier alpha value is -2.15. The van der Waals surface area contributed by atoms with Gasteiger partial charge in [-0.2, -0.15) is 0 Å². The highest BCUT2D eigenvalue weighted by Gasteiger charge is 2.57. The first-order valence-electron chi connectivity index (χ1n) is 7.61. The number of halogens is 1. The van der Waals surface area contributed by atoms with Crippen molar-refractivity contribution < 1.29 is 18.7 Å². The molecular formula is C16H20FN3O3. The van der Waals surface area contributed by atoms with Gasteiger partial charge in [-0.15, -0.1) is 0 Å². The van der Waals surface area contributed by atoms with Crippen LogP contribution in [0.2, 0.25) is 0 Å². The molecule has 1 aromatic rings. The van der Waals surface area contributed by atoms with Gasteiger partial charge in [-0.3, -0.25) is 14.6 Å². The highest BCUT2D eigenvalue weighted by Crippen LogP contribution is 2.34. The van der Waals surface area contributed by atoms with Gasteiger partial charge in [-0.25, -0.2) is 9.18 Å². The molecular weight excluding hydrogens is 301 g/mol. The number of rotatable bonds is 4. The second-order valence-electron chi connectivity index (χ2n) is 6.07. The highest BCUT2D eigenvalue weighted by molar-refractivity contribution is 6.07. The maximum Gasteiger partial charge on any atom is 0.327 e. The van der Waals surface area contributed by atoms with Gasteiger partial charge in [0, 0.05) is 33.7 Å². The second kappa shape index (κ2) is 5.81. The van der Waals surface area contributed by atoms with Gasteiger partial charge >= 0.3 is 6.03 Å². The van der Waals surface area contributed by atoms with Crippen LogP contribution in [-0.2, 0) is 4.79 Å². The maximum atomic E-state index is 12.8. The molecule has 3 rings (SSSR count). The Morgan fingerprint density at radius 1 is 1.22 bits per heavy atom. The number of amides is 3. The molecule has 2 fully saturated rings. The van der Waals surface area contributed by atoms with E-state index in [1.807, 2.05) is 0 Å². The Kier molecular flexibility index (Phi) is 3.97. The summed E-state index contributed by atoms with van der Waals surface area (Å²) in [5, 5.41) is 0. The molecule has 0 N–H and O–H groups in total. The number of carbonyl (C=O) groups is 2. The molecule has 1 spiro atoms. The normalized spacial score (nSPS) is 25.0. The molecule has 0 bridgehead atoms. The Morgan fingerprint density at radius 3 is 2.52 bits per heavy atom. The van der Waals surface area contributed by atoms with E-state index in [0.717, 1.165) is 6.54 Å². The van der Waals surface area contributed by atoms with Crippen molar-refractivity contribution in [2.45, 2.75) is 12.0 Å². The summed E-state index contributed by atoms with van der Waals surface area (Å²) < 4.78 is 18.4. The minimum absolute atomic E-state index is 0.132. The van der Waals surface area contributed by atoms with E-state index >= 15 is 0 Å². The lowest BCUT2D eigenvalue weighted by Gasteiger charge is -2.28. The monoisotopic (exact) mass is 321 g/mol. The number of urea groups is 1. The first kappa shape index (κ1) is 15.7. The first-order chi connectivity index (χ1) is 10.9. The van der Waals surface area contributed by atoms with E-state index in [1.165, 1.54) is 24.1 Å².